The van der Waals surface area contributed by atoms with Crippen molar-refractivity contribution in [3.63, 3.8) is 0 Å². The zero-order chi connectivity index (χ0) is 28.6. The number of hydrogen-bond acceptors (Lipinski definition) is 5. The van der Waals surface area contributed by atoms with E-state index in [0.29, 0.717) is 27.3 Å². The van der Waals surface area contributed by atoms with Crippen LogP contribution in [0.2, 0.25) is 5.02 Å². The Balaban J connectivity index is 1.31. The molecule has 1 amide bonds. The van der Waals surface area contributed by atoms with Crippen LogP contribution in [0.25, 0.3) is 44.4 Å². The topological polar surface area (TPSA) is 94.4 Å². The van der Waals surface area contributed by atoms with Gasteiger partial charge in [-0.3, -0.25) is 9.59 Å². The van der Waals surface area contributed by atoms with E-state index in [-0.39, 0.29) is 23.8 Å². The average Bonchev–Trinajstić information content (AvgIpc) is 3.58. The van der Waals surface area contributed by atoms with Gasteiger partial charge < -0.3 is 14.3 Å². The molecular weight excluding hydrogens is 550 g/mol. The van der Waals surface area contributed by atoms with Gasteiger partial charge in [0.05, 0.1) is 17.1 Å². The number of anilines is 1. The minimum absolute atomic E-state index is 0.105. The molecule has 0 aliphatic carbocycles. The summed E-state index contributed by atoms with van der Waals surface area (Å²) in [6.07, 6.45) is 3.45. The molecule has 8 nitrogen and oxygen atoms in total. The van der Waals surface area contributed by atoms with E-state index in [1.165, 1.54) is 4.68 Å². The molecule has 1 N–H and O–H groups in total. The highest BCUT2D eigenvalue weighted by Gasteiger charge is 2.17. The summed E-state index contributed by atoms with van der Waals surface area (Å²) >= 11 is 6.18. The predicted octanol–water partition coefficient (Wildman–Crippen LogP) is 6.94. The maximum Gasteiger partial charge on any atom is 0.282 e. The van der Waals surface area contributed by atoms with Gasteiger partial charge in [-0.2, -0.15) is 9.78 Å². The molecule has 9 heteroatoms. The van der Waals surface area contributed by atoms with Gasteiger partial charge in [0, 0.05) is 38.8 Å². The van der Waals surface area contributed by atoms with E-state index >= 15 is 0 Å². The second-order valence-corrected chi connectivity index (χ2v) is 10.2. The molecule has 42 heavy (non-hydrogen) atoms. The lowest BCUT2D eigenvalue weighted by Crippen LogP contribution is -2.20. The number of carbonyl (C=O) groups excluding carboxylic acids is 1. The minimum Gasteiger partial charge on any atom is -0.453 e. The number of furan rings is 1. The lowest BCUT2D eigenvalue weighted by atomic mass is 10.2. The van der Waals surface area contributed by atoms with E-state index in [0.717, 1.165) is 27.5 Å². The van der Waals surface area contributed by atoms with E-state index in [1.54, 1.807) is 48.7 Å². The van der Waals surface area contributed by atoms with Crippen LogP contribution in [0.4, 0.5) is 5.69 Å². The number of nitrogens with one attached hydrogen (secondary N) is 1. The molecule has 0 radical (unpaired) electrons. The van der Waals surface area contributed by atoms with Crippen molar-refractivity contribution in [2.75, 3.05) is 5.32 Å². The summed E-state index contributed by atoms with van der Waals surface area (Å²) < 4.78 is 9.18. The molecule has 204 valence electrons. The Bertz CT molecular complexity index is 2210. The first kappa shape index (κ1) is 25.5. The molecule has 7 rings (SSSR count). The Kier molecular flexibility index (Phi) is 6.37. The Morgan fingerprint density at radius 1 is 0.929 bits per heavy atom. The first-order chi connectivity index (χ1) is 20.5. The molecule has 7 aromatic rings. The third kappa shape index (κ3) is 4.74. The zero-order valence-electron chi connectivity index (χ0n) is 22.1. The van der Waals surface area contributed by atoms with Crippen LogP contribution in [0.3, 0.4) is 0 Å². The zero-order valence-corrected chi connectivity index (χ0v) is 22.8. The summed E-state index contributed by atoms with van der Waals surface area (Å²) in [6.45, 7) is 0.105. The fraction of sp³-hybridized carbons (Fsp3) is 0.0303. The summed E-state index contributed by atoms with van der Waals surface area (Å²) in [5.41, 5.74) is 3.13. The lowest BCUT2D eigenvalue weighted by molar-refractivity contribution is -0.116. The molecule has 4 aromatic carbocycles. The number of amides is 1. The first-order valence-corrected chi connectivity index (χ1v) is 13.6. The molecule has 0 bridgehead atoms. The van der Waals surface area contributed by atoms with Gasteiger partial charge in [-0.25, -0.2) is 4.98 Å². The summed E-state index contributed by atoms with van der Waals surface area (Å²) in [6, 6.07) is 31.3. The Morgan fingerprint density at radius 2 is 1.69 bits per heavy atom. The third-order valence-electron chi connectivity index (χ3n) is 6.96. The van der Waals surface area contributed by atoms with Crippen LogP contribution in [0, 0.1) is 0 Å². The van der Waals surface area contributed by atoms with E-state index in [4.69, 9.17) is 21.0 Å². The van der Waals surface area contributed by atoms with Gasteiger partial charge in [0.1, 0.15) is 12.1 Å². The van der Waals surface area contributed by atoms with Crippen LogP contribution in [0.1, 0.15) is 5.56 Å². The second kappa shape index (κ2) is 10.5. The van der Waals surface area contributed by atoms with Crippen molar-refractivity contribution in [3.8, 4) is 11.6 Å². The van der Waals surface area contributed by atoms with Crippen LogP contribution in [-0.2, 0) is 11.3 Å². The van der Waals surface area contributed by atoms with Gasteiger partial charge in [-0.15, -0.1) is 0 Å². The maximum absolute atomic E-state index is 13.7. The molecule has 0 fully saturated rings. The standard InChI is InChI=1S/C33H22ClN5O3/c34-23-14-15-29-21(16-23)17-30(42-29)32-37-27-12-6-4-11-26(27)33(41)39(32)35-18-22-19-38(28-13-7-5-10-25(22)28)20-31(40)36-24-8-2-1-3-9-24/h1-19H,20H2,(H,36,40). The van der Waals surface area contributed by atoms with Crippen LogP contribution < -0.4 is 10.9 Å². The number of hydrogen-bond donors (Lipinski definition) is 1. The molecular formula is C33H22ClN5O3. The number of para-hydroxylation sites is 3. The molecule has 3 heterocycles. The quantitative estimate of drug-likeness (QED) is 0.219. The van der Waals surface area contributed by atoms with Crippen molar-refractivity contribution >= 4 is 62.2 Å². The predicted molar refractivity (Wildman–Crippen MR) is 166 cm³/mol. The molecule has 0 unspecified atom stereocenters. The fourth-order valence-corrected chi connectivity index (χ4v) is 5.20. The third-order valence-corrected chi connectivity index (χ3v) is 7.19. The highest BCUT2D eigenvalue weighted by Crippen LogP contribution is 2.29. The van der Waals surface area contributed by atoms with Gasteiger partial charge in [0.25, 0.3) is 5.56 Å². The van der Waals surface area contributed by atoms with Crippen LogP contribution in [-0.4, -0.2) is 26.3 Å². The van der Waals surface area contributed by atoms with Gasteiger partial charge in [-0.05, 0) is 54.6 Å². The van der Waals surface area contributed by atoms with Crippen molar-refractivity contribution in [1.82, 2.24) is 14.2 Å². The number of aromatic nitrogens is 3. The molecule has 0 saturated carbocycles. The fourth-order valence-electron chi connectivity index (χ4n) is 5.02. The second-order valence-electron chi connectivity index (χ2n) is 9.75. The molecule has 0 atom stereocenters. The largest absolute Gasteiger partial charge is 0.453 e. The Morgan fingerprint density at radius 3 is 2.55 bits per heavy atom. The normalized spacial score (nSPS) is 11.6. The van der Waals surface area contributed by atoms with Crippen molar-refractivity contribution in [3.05, 3.63) is 130 Å². The number of nitrogens with zero attached hydrogens (tertiary/aromatic N) is 4. The van der Waals surface area contributed by atoms with E-state index in [9.17, 15) is 9.59 Å². The smallest absolute Gasteiger partial charge is 0.282 e. The van der Waals surface area contributed by atoms with Gasteiger partial charge in [0.2, 0.25) is 11.7 Å². The number of benzene rings is 4. The Hall–Kier alpha value is -5.47. The monoisotopic (exact) mass is 571 g/mol. The number of carbonyl (C=O) groups is 1. The highest BCUT2D eigenvalue weighted by molar-refractivity contribution is 6.31. The molecule has 0 aliphatic heterocycles. The van der Waals surface area contributed by atoms with Crippen molar-refractivity contribution in [2.45, 2.75) is 6.54 Å². The van der Waals surface area contributed by atoms with E-state index < -0.39 is 0 Å². The minimum atomic E-state index is -0.337. The van der Waals surface area contributed by atoms with Crippen molar-refractivity contribution in [1.29, 1.82) is 0 Å². The molecule has 0 spiro atoms. The number of rotatable bonds is 6. The lowest BCUT2D eigenvalue weighted by Gasteiger charge is -2.07. The maximum atomic E-state index is 13.7. The van der Waals surface area contributed by atoms with Gasteiger partial charge in [-0.1, -0.05) is 60.1 Å². The summed E-state index contributed by atoms with van der Waals surface area (Å²) in [7, 11) is 0. The van der Waals surface area contributed by atoms with E-state index in [1.807, 2.05) is 71.4 Å². The summed E-state index contributed by atoms with van der Waals surface area (Å²) in [5.74, 6) is 0.480. The van der Waals surface area contributed by atoms with Gasteiger partial charge in [0.15, 0.2) is 5.76 Å². The van der Waals surface area contributed by atoms with Crippen LogP contribution in [0.15, 0.2) is 124 Å². The number of halogens is 1. The van der Waals surface area contributed by atoms with Gasteiger partial charge >= 0.3 is 0 Å². The molecule has 0 saturated heterocycles. The SMILES string of the molecule is O=C(Cn1cc(C=Nn2c(-c3cc4cc(Cl)ccc4o3)nc3ccccc3c2=O)c2ccccc21)Nc1ccccc1. The highest BCUT2D eigenvalue weighted by atomic mass is 35.5. The van der Waals surface area contributed by atoms with Crippen LogP contribution >= 0.6 is 11.6 Å². The van der Waals surface area contributed by atoms with E-state index in [2.05, 4.69) is 10.4 Å². The molecule has 0 aliphatic rings. The van der Waals surface area contributed by atoms with Crippen molar-refractivity contribution in [2.24, 2.45) is 5.10 Å². The summed E-state index contributed by atoms with van der Waals surface area (Å²) in [5, 5.41) is 10.2. The average molecular weight is 572 g/mol. The number of fused-ring (bicyclic) bond motifs is 3. The molecule has 3 aromatic heterocycles. The Labute approximate surface area is 244 Å². The summed E-state index contributed by atoms with van der Waals surface area (Å²) in [4.78, 5) is 31.3. The van der Waals surface area contributed by atoms with Crippen molar-refractivity contribution < 1.29 is 9.21 Å². The first-order valence-electron chi connectivity index (χ1n) is 13.2. The van der Waals surface area contributed by atoms with Crippen LogP contribution in [0.5, 0.6) is 0 Å².